The van der Waals surface area contributed by atoms with Crippen molar-refractivity contribution in [3.8, 4) is 29.1 Å². The van der Waals surface area contributed by atoms with Gasteiger partial charge in [-0.3, -0.25) is 14.3 Å². The van der Waals surface area contributed by atoms with Gasteiger partial charge in [-0.2, -0.15) is 5.26 Å². The number of pyridine rings is 1. The highest BCUT2D eigenvalue weighted by Crippen LogP contribution is 2.49. The molecule has 0 aliphatic carbocycles. The predicted octanol–water partition coefficient (Wildman–Crippen LogP) is 2.85. The Hall–Kier alpha value is -4.78. The van der Waals surface area contributed by atoms with Crippen LogP contribution in [-0.4, -0.2) is 50.8 Å². The number of methoxy groups -OCH3 is 2. The van der Waals surface area contributed by atoms with Gasteiger partial charge in [0.2, 0.25) is 11.8 Å². The van der Waals surface area contributed by atoms with E-state index in [4.69, 9.17) is 9.47 Å². The fourth-order valence-electron chi connectivity index (χ4n) is 5.65. The maximum Gasteiger partial charge on any atom is 0.336 e. The van der Waals surface area contributed by atoms with Crippen LogP contribution in [0.1, 0.15) is 35.3 Å². The molecule has 6 rings (SSSR count). The van der Waals surface area contributed by atoms with Gasteiger partial charge >= 0.3 is 5.69 Å². The molecule has 1 N–H and O–H groups in total. The van der Waals surface area contributed by atoms with Gasteiger partial charge in [0.15, 0.2) is 11.5 Å². The van der Waals surface area contributed by atoms with E-state index in [2.05, 4.69) is 11.1 Å². The molecule has 1 fully saturated rings. The third-order valence-corrected chi connectivity index (χ3v) is 7.29. The third-order valence-electron chi connectivity index (χ3n) is 7.29. The summed E-state index contributed by atoms with van der Waals surface area (Å²) in [6.45, 7) is 0.392. The van der Waals surface area contributed by atoms with E-state index in [0.717, 1.165) is 5.56 Å². The molecule has 2 bridgehead atoms. The minimum absolute atomic E-state index is 0.0985. The number of aromatic nitrogens is 3. The number of carbonyl (C=O) groups is 1. The molecule has 2 aliphatic rings. The summed E-state index contributed by atoms with van der Waals surface area (Å²) >= 11 is 0. The molecule has 4 aromatic rings. The average molecular weight is 498 g/mol. The van der Waals surface area contributed by atoms with E-state index in [1.54, 1.807) is 66.3 Å². The highest BCUT2D eigenvalue weighted by atomic mass is 16.5. The van der Waals surface area contributed by atoms with Crippen molar-refractivity contribution in [1.29, 1.82) is 5.26 Å². The first-order valence-electron chi connectivity index (χ1n) is 11.8. The first kappa shape index (κ1) is 22.7. The standard InChI is InChI=1S/C27H23N5O5/c1-36-21-8-5-15(10-22(21)37-2)11-23(33)30-14-17-12-20(30)25-26(34)32(27(35)31(17)25)19-7-6-16(13-28)24-18(19)4-3-9-29-24/h3-10,17,20,34H,11-12,14H2,1-2H3/t17-,20-/m0/s1. The Morgan fingerprint density at radius 1 is 1.19 bits per heavy atom. The van der Waals surface area contributed by atoms with Gasteiger partial charge in [0.1, 0.15) is 11.8 Å². The summed E-state index contributed by atoms with van der Waals surface area (Å²) in [5.74, 6) is 0.831. The smallest absolute Gasteiger partial charge is 0.336 e. The maximum atomic E-state index is 13.5. The number of hydrogen-bond acceptors (Lipinski definition) is 7. The number of ether oxygens (including phenoxy) is 2. The number of aromatic hydroxyl groups is 1. The van der Waals surface area contributed by atoms with Crippen molar-refractivity contribution < 1.29 is 19.4 Å². The third kappa shape index (κ3) is 3.27. The van der Waals surface area contributed by atoms with Gasteiger partial charge < -0.3 is 19.5 Å². The molecular formula is C27H23N5O5. The molecule has 2 aliphatic heterocycles. The molecule has 2 aromatic carbocycles. The molecule has 10 heteroatoms. The lowest BCUT2D eigenvalue weighted by Gasteiger charge is -2.28. The van der Waals surface area contributed by atoms with Crippen LogP contribution in [0.3, 0.4) is 0 Å². The number of carbonyl (C=O) groups excluding carboxylic acids is 1. The maximum absolute atomic E-state index is 13.5. The van der Waals surface area contributed by atoms with Crippen LogP contribution in [0.25, 0.3) is 16.6 Å². The molecule has 0 spiro atoms. The monoisotopic (exact) mass is 497 g/mol. The van der Waals surface area contributed by atoms with E-state index in [9.17, 15) is 20.0 Å². The molecule has 2 aromatic heterocycles. The summed E-state index contributed by atoms with van der Waals surface area (Å²) in [5.41, 5.74) is 2.11. The lowest BCUT2D eigenvalue weighted by Crippen LogP contribution is -2.38. The van der Waals surface area contributed by atoms with Gasteiger partial charge in [-0.25, -0.2) is 9.36 Å². The predicted molar refractivity (Wildman–Crippen MR) is 133 cm³/mol. The summed E-state index contributed by atoms with van der Waals surface area (Å²) < 4.78 is 13.5. The van der Waals surface area contributed by atoms with E-state index in [1.807, 2.05) is 6.07 Å². The van der Waals surface area contributed by atoms with Crippen LogP contribution in [-0.2, 0) is 11.2 Å². The number of imidazole rings is 1. The molecular weight excluding hydrogens is 474 g/mol. The molecule has 0 radical (unpaired) electrons. The van der Waals surface area contributed by atoms with Crippen LogP contribution in [0.2, 0.25) is 0 Å². The first-order chi connectivity index (χ1) is 18.0. The summed E-state index contributed by atoms with van der Waals surface area (Å²) in [4.78, 5) is 32.9. The van der Waals surface area contributed by atoms with Crippen LogP contribution in [0.15, 0.2) is 53.5 Å². The zero-order valence-corrected chi connectivity index (χ0v) is 20.2. The van der Waals surface area contributed by atoms with E-state index >= 15 is 0 Å². The van der Waals surface area contributed by atoms with Gasteiger partial charge in [0.25, 0.3) is 0 Å². The second-order valence-corrected chi connectivity index (χ2v) is 9.16. The normalized spacial score (nSPS) is 17.6. The summed E-state index contributed by atoms with van der Waals surface area (Å²) in [7, 11) is 3.10. The second kappa shape index (κ2) is 8.41. The molecule has 10 nitrogen and oxygen atoms in total. The Labute approximate surface area is 211 Å². The fraction of sp³-hybridized carbons (Fsp3) is 0.259. The highest BCUT2D eigenvalue weighted by Gasteiger charge is 2.49. The van der Waals surface area contributed by atoms with E-state index in [0.29, 0.717) is 52.3 Å². The van der Waals surface area contributed by atoms with Crippen molar-refractivity contribution in [3.63, 3.8) is 0 Å². The number of benzene rings is 2. The number of nitriles is 1. The van der Waals surface area contributed by atoms with E-state index in [1.165, 1.54) is 4.57 Å². The number of likely N-dealkylation sites (tertiary alicyclic amines) is 1. The lowest BCUT2D eigenvalue weighted by molar-refractivity contribution is -0.132. The van der Waals surface area contributed by atoms with Gasteiger partial charge in [-0.05, 0) is 48.4 Å². The van der Waals surface area contributed by atoms with Crippen LogP contribution in [0, 0.1) is 11.3 Å². The molecule has 186 valence electrons. The minimum Gasteiger partial charge on any atom is -0.493 e. The Morgan fingerprint density at radius 3 is 2.76 bits per heavy atom. The number of hydrogen-bond donors (Lipinski definition) is 1. The van der Waals surface area contributed by atoms with E-state index in [-0.39, 0.29) is 29.9 Å². The van der Waals surface area contributed by atoms with Crippen molar-refractivity contribution in [2.24, 2.45) is 0 Å². The number of fused-ring (bicyclic) bond motifs is 6. The zero-order chi connectivity index (χ0) is 25.8. The summed E-state index contributed by atoms with van der Waals surface area (Å²) in [5, 5.41) is 21.3. The largest absolute Gasteiger partial charge is 0.493 e. The van der Waals surface area contributed by atoms with Gasteiger partial charge in [-0.1, -0.05) is 6.07 Å². The Kier molecular flexibility index (Phi) is 5.15. The van der Waals surface area contributed by atoms with Gasteiger partial charge in [-0.15, -0.1) is 0 Å². The first-order valence-corrected chi connectivity index (χ1v) is 11.8. The van der Waals surface area contributed by atoms with Crippen molar-refractivity contribution in [2.75, 3.05) is 20.8 Å². The summed E-state index contributed by atoms with van der Waals surface area (Å²) in [6.07, 6.45) is 2.31. The van der Waals surface area contributed by atoms with Crippen LogP contribution >= 0.6 is 0 Å². The number of nitrogens with zero attached hydrogens (tertiary/aromatic N) is 5. The van der Waals surface area contributed by atoms with Crippen molar-refractivity contribution >= 4 is 16.8 Å². The molecule has 37 heavy (non-hydrogen) atoms. The van der Waals surface area contributed by atoms with Gasteiger partial charge in [0, 0.05) is 18.1 Å². The molecule has 4 heterocycles. The van der Waals surface area contributed by atoms with Crippen molar-refractivity contribution in [2.45, 2.75) is 24.9 Å². The van der Waals surface area contributed by atoms with Crippen LogP contribution < -0.4 is 15.2 Å². The Bertz CT molecular complexity index is 1680. The highest BCUT2D eigenvalue weighted by molar-refractivity contribution is 5.91. The van der Waals surface area contributed by atoms with E-state index < -0.39 is 6.04 Å². The fourth-order valence-corrected chi connectivity index (χ4v) is 5.65. The lowest BCUT2D eigenvalue weighted by atomic mass is 10.1. The number of amides is 1. The van der Waals surface area contributed by atoms with Gasteiger partial charge in [0.05, 0.1) is 49.5 Å². The van der Waals surface area contributed by atoms with Crippen LogP contribution in [0.5, 0.6) is 17.4 Å². The molecule has 0 unspecified atom stereocenters. The molecule has 1 amide bonds. The Balaban J connectivity index is 1.36. The Morgan fingerprint density at radius 2 is 2.00 bits per heavy atom. The van der Waals surface area contributed by atoms with Crippen molar-refractivity contribution in [3.05, 3.63) is 76.0 Å². The molecule has 0 saturated carbocycles. The summed E-state index contributed by atoms with van der Waals surface area (Å²) in [6, 6.07) is 13.6. The molecule has 2 atom stereocenters. The number of rotatable bonds is 5. The average Bonchev–Trinajstić information content (AvgIpc) is 3.59. The quantitative estimate of drug-likeness (QED) is 0.450. The van der Waals surface area contributed by atoms with Crippen LogP contribution in [0.4, 0.5) is 0 Å². The van der Waals surface area contributed by atoms with Crippen molar-refractivity contribution in [1.82, 2.24) is 19.0 Å². The second-order valence-electron chi connectivity index (χ2n) is 9.16. The SMILES string of the molecule is COc1ccc(CC(=O)N2C[C@@H]3C[C@H]2c2c(O)n(-c4ccc(C#N)c5ncccc45)c(=O)n23)cc1OC. The minimum atomic E-state index is -0.408. The zero-order valence-electron chi connectivity index (χ0n) is 20.2. The topological polar surface area (TPSA) is 123 Å². The molecule has 1 saturated heterocycles.